The van der Waals surface area contributed by atoms with Crippen molar-refractivity contribution in [1.82, 2.24) is 0 Å². The van der Waals surface area contributed by atoms with Crippen molar-refractivity contribution in [3.05, 3.63) is 117 Å². The molecule has 0 spiro atoms. The fraction of sp³-hybridized carbons (Fsp3) is 0.222. The summed E-state index contributed by atoms with van der Waals surface area (Å²) in [5.41, 5.74) is 12.6. The van der Waals surface area contributed by atoms with Crippen molar-refractivity contribution in [2.75, 3.05) is 0 Å². The Balaban J connectivity index is 1.26. The second kappa shape index (κ2) is 8.89. The maximum absolute atomic E-state index is 6.22. The minimum absolute atomic E-state index is 0.000494. The lowest BCUT2D eigenvalue weighted by atomic mass is 9.73. The Morgan fingerprint density at radius 1 is 0.949 bits per heavy atom. The molecule has 39 heavy (non-hydrogen) atoms. The first-order valence-corrected chi connectivity index (χ1v) is 14.4. The molecule has 4 aromatic carbocycles. The minimum atomic E-state index is 0.000494. The first kappa shape index (κ1) is 23.2. The molecule has 4 aromatic rings. The normalized spacial score (nSPS) is 22.8. The van der Waals surface area contributed by atoms with Crippen LogP contribution in [-0.4, -0.2) is 18.0 Å². The Hall–Kier alpha value is -3.75. The van der Waals surface area contributed by atoms with Gasteiger partial charge in [-0.3, -0.25) is 4.99 Å². The third kappa shape index (κ3) is 3.62. The van der Waals surface area contributed by atoms with Crippen molar-refractivity contribution in [2.45, 2.75) is 44.6 Å². The first-order valence-electron chi connectivity index (χ1n) is 14.0. The van der Waals surface area contributed by atoms with Crippen LogP contribution in [0.5, 0.6) is 0 Å². The zero-order valence-corrected chi connectivity index (χ0v) is 22.7. The fourth-order valence-corrected chi connectivity index (χ4v) is 7.32. The number of nitrogens with zero attached hydrogens (tertiary/aromatic N) is 2. The molecule has 0 amide bonds. The van der Waals surface area contributed by atoms with Gasteiger partial charge in [0, 0.05) is 33.9 Å². The SMILES string of the molecule is CC1C=Cc2ccc3c4c(ccc3c2C1)C(C1N=CC(c2ccc(Cl)cc2)=C2C1=Nc1c[c]ccc12)CCC4. The van der Waals surface area contributed by atoms with Crippen molar-refractivity contribution in [3.63, 3.8) is 0 Å². The van der Waals surface area contributed by atoms with Crippen molar-refractivity contribution in [2.24, 2.45) is 15.9 Å². The molecule has 2 aliphatic carbocycles. The smallest absolute Gasteiger partial charge is 0.0994 e. The van der Waals surface area contributed by atoms with Crippen LogP contribution in [-0.2, 0) is 12.8 Å². The lowest BCUT2D eigenvalue weighted by molar-refractivity contribution is 0.530. The van der Waals surface area contributed by atoms with Crippen LogP contribution in [0.1, 0.15) is 59.1 Å². The van der Waals surface area contributed by atoms with Crippen molar-refractivity contribution in [1.29, 1.82) is 0 Å². The van der Waals surface area contributed by atoms with Gasteiger partial charge >= 0.3 is 0 Å². The zero-order chi connectivity index (χ0) is 26.1. The Kier molecular flexibility index (Phi) is 5.28. The van der Waals surface area contributed by atoms with E-state index in [1.54, 1.807) is 0 Å². The Morgan fingerprint density at radius 3 is 2.69 bits per heavy atom. The molecule has 0 N–H and O–H groups in total. The second-order valence-electron chi connectivity index (χ2n) is 11.4. The van der Waals surface area contributed by atoms with Crippen LogP contribution < -0.4 is 0 Å². The summed E-state index contributed by atoms with van der Waals surface area (Å²) < 4.78 is 0. The van der Waals surface area contributed by atoms with E-state index in [2.05, 4.69) is 73.8 Å². The van der Waals surface area contributed by atoms with E-state index >= 15 is 0 Å². The monoisotopic (exact) mass is 523 g/mol. The van der Waals surface area contributed by atoms with Gasteiger partial charge in [0.1, 0.15) is 0 Å². The summed E-state index contributed by atoms with van der Waals surface area (Å²) in [7, 11) is 0. The van der Waals surface area contributed by atoms with Gasteiger partial charge in [-0.1, -0.05) is 79.2 Å². The van der Waals surface area contributed by atoms with E-state index in [1.165, 1.54) is 50.6 Å². The molecule has 2 aliphatic heterocycles. The number of halogens is 1. The highest BCUT2D eigenvalue weighted by atomic mass is 35.5. The Labute approximate surface area is 234 Å². The number of rotatable bonds is 2. The van der Waals surface area contributed by atoms with Gasteiger partial charge in [-0.2, -0.15) is 0 Å². The summed E-state index contributed by atoms with van der Waals surface area (Å²) in [4.78, 5) is 10.5. The molecule has 2 nitrogen and oxygen atoms in total. The van der Waals surface area contributed by atoms with Crippen LogP contribution in [0, 0.1) is 12.0 Å². The third-order valence-electron chi connectivity index (χ3n) is 9.03. The van der Waals surface area contributed by atoms with Crippen LogP contribution in [0.4, 0.5) is 5.69 Å². The predicted octanol–water partition coefficient (Wildman–Crippen LogP) is 9.07. The summed E-state index contributed by atoms with van der Waals surface area (Å²) in [6.07, 6.45) is 11.3. The summed E-state index contributed by atoms with van der Waals surface area (Å²) in [6.45, 7) is 2.31. The van der Waals surface area contributed by atoms with Crippen LogP contribution in [0.25, 0.3) is 28.0 Å². The maximum Gasteiger partial charge on any atom is 0.0994 e. The van der Waals surface area contributed by atoms with Gasteiger partial charge in [0.2, 0.25) is 0 Å². The molecule has 3 atom stereocenters. The number of dihydropyridines is 1. The van der Waals surface area contributed by atoms with Crippen molar-refractivity contribution >= 4 is 57.2 Å². The van der Waals surface area contributed by atoms with Crippen molar-refractivity contribution < 1.29 is 0 Å². The lowest BCUT2D eigenvalue weighted by Crippen LogP contribution is -2.31. The van der Waals surface area contributed by atoms with Crippen molar-refractivity contribution in [3.8, 4) is 0 Å². The summed E-state index contributed by atoms with van der Waals surface area (Å²) in [5.74, 6) is 0.894. The second-order valence-corrected chi connectivity index (χ2v) is 11.8. The molecular weight excluding hydrogens is 496 g/mol. The van der Waals surface area contributed by atoms with E-state index in [4.69, 9.17) is 21.6 Å². The first-order chi connectivity index (χ1) is 19.2. The highest BCUT2D eigenvalue weighted by molar-refractivity contribution is 6.44. The molecule has 0 bridgehead atoms. The summed E-state index contributed by atoms with van der Waals surface area (Å²) >= 11 is 6.22. The van der Waals surface area contributed by atoms with E-state index < -0.39 is 0 Å². The van der Waals surface area contributed by atoms with Gasteiger partial charge < -0.3 is 0 Å². The van der Waals surface area contributed by atoms with E-state index in [9.17, 15) is 0 Å². The lowest BCUT2D eigenvalue weighted by Gasteiger charge is -2.34. The fourth-order valence-electron chi connectivity index (χ4n) is 7.19. The van der Waals surface area contributed by atoms with Gasteiger partial charge in [0.15, 0.2) is 0 Å². The largest absolute Gasteiger partial charge is 0.282 e. The highest BCUT2D eigenvalue weighted by Crippen LogP contribution is 2.47. The van der Waals surface area contributed by atoms with E-state index in [0.717, 1.165) is 46.8 Å². The van der Waals surface area contributed by atoms with E-state index in [0.29, 0.717) is 11.8 Å². The molecule has 2 heterocycles. The molecule has 0 fully saturated rings. The number of hydrogen-bond donors (Lipinski definition) is 0. The molecule has 189 valence electrons. The van der Waals surface area contributed by atoms with E-state index in [-0.39, 0.29) is 6.04 Å². The Morgan fingerprint density at radius 2 is 1.79 bits per heavy atom. The van der Waals surface area contributed by atoms with Crippen LogP contribution >= 0.6 is 11.6 Å². The Bertz CT molecular complexity index is 1790. The molecule has 0 saturated carbocycles. The van der Waals surface area contributed by atoms with Crippen LogP contribution in [0.2, 0.25) is 5.02 Å². The minimum Gasteiger partial charge on any atom is -0.282 e. The van der Waals surface area contributed by atoms with Gasteiger partial charge in [0.25, 0.3) is 0 Å². The van der Waals surface area contributed by atoms with E-state index in [1.807, 2.05) is 24.3 Å². The van der Waals surface area contributed by atoms with Gasteiger partial charge in [-0.25, -0.2) is 4.99 Å². The van der Waals surface area contributed by atoms with Gasteiger partial charge in [-0.05, 0) is 94.5 Å². The quantitative estimate of drug-likeness (QED) is 0.250. The number of hydrogen-bond acceptors (Lipinski definition) is 2. The standard InChI is InChI=1S/C36H28ClN2/c1-21-9-10-22-13-16-26-25-6-4-7-29(27(25)17-18-28(26)31(22)19-21)35-36-34(30-5-2-3-8-33(30)39-36)32(20-38-35)23-11-14-24(37)15-12-23/h2,5,8-18,20-21,29,35H,4,6-7,19H2,1H3. The van der Waals surface area contributed by atoms with Crippen LogP contribution in [0.15, 0.2) is 82.8 Å². The number of allylic oxidation sites excluding steroid dienone is 2. The molecule has 0 aromatic heterocycles. The van der Waals surface area contributed by atoms with Gasteiger partial charge in [-0.15, -0.1) is 0 Å². The summed E-state index contributed by atoms with van der Waals surface area (Å²) in [5, 5.41) is 3.60. The highest BCUT2D eigenvalue weighted by Gasteiger charge is 2.39. The maximum atomic E-state index is 6.22. The zero-order valence-electron chi connectivity index (χ0n) is 21.9. The molecule has 8 rings (SSSR count). The number of fused-ring (bicyclic) bond motifs is 8. The molecular formula is C36H28ClN2. The molecule has 4 aliphatic rings. The number of aryl methyl sites for hydroxylation is 1. The predicted molar refractivity (Wildman–Crippen MR) is 164 cm³/mol. The van der Waals surface area contributed by atoms with Crippen LogP contribution in [0.3, 0.4) is 0 Å². The number of benzene rings is 4. The average Bonchev–Trinajstić information content (AvgIpc) is 3.36. The summed E-state index contributed by atoms with van der Waals surface area (Å²) in [6, 6.07) is 26.9. The van der Waals surface area contributed by atoms with Gasteiger partial charge in [0.05, 0.1) is 17.4 Å². The molecule has 1 radical (unpaired) electrons. The number of aliphatic imine (C=N–C) groups is 2. The third-order valence-corrected chi connectivity index (χ3v) is 9.28. The molecule has 3 unspecified atom stereocenters. The molecule has 3 heteroatoms. The molecule has 0 saturated heterocycles. The topological polar surface area (TPSA) is 24.7 Å². The average molecular weight is 524 g/mol.